The van der Waals surface area contributed by atoms with Crippen molar-refractivity contribution in [3.8, 4) is 0 Å². The van der Waals surface area contributed by atoms with E-state index in [1.165, 1.54) is 25.0 Å². The van der Waals surface area contributed by atoms with Crippen LogP contribution in [0.2, 0.25) is 0 Å². The largest absolute Gasteiger partial charge is 0.295 e. The molecule has 0 radical (unpaired) electrons. The van der Waals surface area contributed by atoms with Crippen LogP contribution in [0.1, 0.15) is 19.8 Å². The standard InChI is InChI=1S/C9H15Cl2N/c1-8(5-10)7-12-4-2-3-9(12)6-11/h5,9H,2-4,6-7H2,1H3/b8-5+. The van der Waals surface area contributed by atoms with E-state index in [1.807, 2.05) is 0 Å². The topological polar surface area (TPSA) is 3.24 Å². The van der Waals surface area contributed by atoms with E-state index in [9.17, 15) is 0 Å². The Labute approximate surface area is 84.3 Å². The van der Waals surface area contributed by atoms with Crippen LogP contribution in [0.25, 0.3) is 0 Å². The van der Waals surface area contributed by atoms with Gasteiger partial charge in [0, 0.05) is 24.0 Å². The van der Waals surface area contributed by atoms with E-state index in [1.54, 1.807) is 5.54 Å². The minimum Gasteiger partial charge on any atom is -0.295 e. The van der Waals surface area contributed by atoms with Crippen molar-refractivity contribution in [3.05, 3.63) is 11.1 Å². The molecule has 0 aromatic carbocycles. The summed E-state index contributed by atoms with van der Waals surface area (Å²) in [7, 11) is 0. The van der Waals surface area contributed by atoms with Gasteiger partial charge in [-0.15, -0.1) is 11.6 Å². The van der Waals surface area contributed by atoms with Crippen LogP contribution in [0.3, 0.4) is 0 Å². The van der Waals surface area contributed by atoms with Crippen molar-refractivity contribution in [2.24, 2.45) is 0 Å². The smallest absolute Gasteiger partial charge is 0.0379 e. The Morgan fingerprint density at radius 2 is 2.42 bits per heavy atom. The number of hydrogen-bond donors (Lipinski definition) is 0. The quantitative estimate of drug-likeness (QED) is 0.644. The van der Waals surface area contributed by atoms with Crippen LogP contribution in [0.5, 0.6) is 0 Å². The molecule has 1 rings (SSSR count). The average Bonchev–Trinajstić information content (AvgIpc) is 2.51. The first-order valence-electron chi connectivity index (χ1n) is 4.33. The molecule has 0 aliphatic carbocycles. The minimum atomic E-state index is 0.568. The van der Waals surface area contributed by atoms with Crippen molar-refractivity contribution in [2.45, 2.75) is 25.8 Å². The molecule has 0 bridgehead atoms. The maximum absolute atomic E-state index is 5.84. The van der Waals surface area contributed by atoms with E-state index in [2.05, 4.69) is 11.8 Å². The van der Waals surface area contributed by atoms with Crippen molar-refractivity contribution in [1.29, 1.82) is 0 Å². The van der Waals surface area contributed by atoms with Gasteiger partial charge in [-0.2, -0.15) is 0 Å². The molecular formula is C9H15Cl2N. The molecule has 1 fully saturated rings. The lowest BCUT2D eigenvalue weighted by Crippen LogP contribution is -2.31. The summed E-state index contributed by atoms with van der Waals surface area (Å²) in [5.74, 6) is 0.746. The Balaban J connectivity index is 2.40. The zero-order valence-electron chi connectivity index (χ0n) is 7.39. The number of alkyl halides is 1. The third-order valence-electron chi connectivity index (χ3n) is 2.32. The van der Waals surface area contributed by atoms with E-state index >= 15 is 0 Å². The van der Waals surface area contributed by atoms with Crippen LogP contribution < -0.4 is 0 Å². The Morgan fingerprint density at radius 1 is 1.67 bits per heavy atom. The predicted molar refractivity (Wildman–Crippen MR) is 54.9 cm³/mol. The van der Waals surface area contributed by atoms with Gasteiger partial charge >= 0.3 is 0 Å². The van der Waals surface area contributed by atoms with Gasteiger partial charge in [0.05, 0.1) is 0 Å². The maximum atomic E-state index is 5.84. The number of hydrogen-bond acceptors (Lipinski definition) is 1. The molecule has 1 nitrogen and oxygen atoms in total. The zero-order valence-corrected chi connectivity index (χ0v) is 8.91. The first-order valence-corrected chi connectivity index (χ1v) is 5.31. The van der Waals surface area contributed by atoms with Gasteiger partial charge in [0.15, 0.2) is 0 Å². The number of rotatable bonds is 3. The highest BCUT2D eigenvalue weighted by molar-refractivity contribution is 6.25. The Hall–Kier alpha value is 0.280. The summed E-state index contributed by atoms with van der Waals surface area (Å²) >= 11 is 11.4. The summed E-state index contributed by atoms with van der Waals surface area (Å²) in [4.78, 5) is 2.40. The molecule has 0 N–H and O–H groups in total. The van der Waals surface area contributed by atoms with Crippen LogP contribution in [-0.4, -0.2) is 29.9 Å². The Bertz CT molecular complexity index is 168. The first-order chi connectivity index (χ1) is 5.77. The van der Waals surface area contributed by atoms with Crippen molar-refractivity contribution in [2.75, 3.05) is 19.0 Å². The fourth-order valence-electron chi connectivity index (χ4n) is 1.63. The highest BCUT2D eigenvalue weighted by atomic mass is 35.5. The van der Waals surface area contributed by atoms with Crippen molar-refractivity contribution < 1.29 is 0 Å². The van der Waals surface area contributed by atoms with Crippen LogP contribution in [-0.2, 0) is 0 Å². The van der Waals surface area contributed by atoms with Gasteiger partial charge in [0.2, 0.25) is 0 Å². The van der Waals surface area contributed by atoms with Crippen LogP contribution in [0, 0.1) is 0 Å². The molecule has 1 aliphatic heterocycles. The lowest BCUT2D eigenvalue weighted by atomic mass is 10.2. The molecule has 0 aromatic rings. The van der Waals surface area contributed by atoms with Gasteiger partial charge in [-0.25, -0.2) is 0 Å². The van der Waals surface area contributed by atoms with Crippen LogP contribution in [0.15, 0.2) is 11.1 Å². The first kappa shape index (κ1) is 10.4. The summed E-state index contributed by atoms with van der Waals surface area (Å²) in [6, 6.07) is 0.568. The summed E-state index contributed by atoms with van der Waals surface area (Å²) in [6.45, 7) is 4.19. The van der Waals surface area contributed by atoms with E-state index < -0.39 is 0 Å². The number of halogens is 2. The van der Waals surface area contributed by atoms with Crippen LogP contribution >= 0.6 is 23.2 Å². The summed E-state index contributed by atoms with van der Waals surface area (Å²) in [5, 5.41) is 0. The molecule has 0 amide bonds. The predicted octanol–water partition coefficient (Wildman–Crippen LogP) is 2.83. The Morgan fingerprint density at radius 3 is 3.00 bits per heavy atom. The van der Waals surface area contributed by atoms with Gasteiger partial charge in [-0.05, 0) is 31.9 Å². The second-order valence-electron chi connectivity index (χ2n) is 3.38. The molecular weight excluding hydrogens is 193 g/mol. The maximum Gasteiger partial charge on any atom is 0.0379 e. The van der Waals surface area contributed by atoms with E-state index in [0.717, 1.165) is 12.4 Å². The molecule has 1 saturated heterocycles. The van der Waals surface area contributed by atoms with Gasteiger partial charge in [0.1, 0.15) is 0 Å². The fraction of sp³-hybridized carbons (Fsp3) is 0.778. The lowest BCUT2D eigenvalue weighted by molar-refractivity contribution is 0.294. The molecule has 1 heterocycles. The number of nitrogens with zero attached hydrogens (tertiary/aromatic N) is 1. The average molecular weight is 208 g/mol. The molecule has 0 saturated carbocycles. The lowest BCUT2D eigenvalue weighted by Gasteiger charge is -2.22. The molecule has 0 spiro atoms. The third kappa shape index (κ3) is 2.65. The monoisotopic (exact) mass is 207 g/mol. The zero-order chi connectivity index (χ0) is 8.97. The van der Waals surface area contributed by atoms with E-state index in [0.29, 0.717) is 6.04 Å². The molecule has 12 heavy (non-hydrogen) atoms. The molecule has 1 atom stereocenters. The van der Waals surface area contributed by atoms with Crippen molar-refractivity contribution in [1.82, 2.24) is 4.90 Å². The molecule has 70 valence electrons. The SMILES string of the molecule is C/C(=C\Cl)CN1CCCC1CCl. The van der Waals surface area contributed by atoms with E-state index in [4.69, 9.17) is 23.2 Å². The Kier molecular flexibility index (Phi) is 4.41. The third-order valence-corrected chi connectivity index (χ3v) is 3.04. The minimum absolute atomic E-state index is 0.568. The second kappa shape index (κ2) is 5.11. The number of likely N-dealkylation sites (tertiary alicyclic amines) is 1. The normalized spacial score (nSPS) is 26.6. The molecule has 1 aliphatic rings. The van der Waals surface area contributed by atoms with Gasteiger partial charge < -0.3 is 0 Å². The van der Waals surface area contributed by atoms with E-state index in [-0.39, 0.29) is 0 Å². The van der Waals surface area contributed by atoms with Crippen molar-refractivity contribution in [3.63, 3.8) is 0 Å². The van der Waals surface area contributed by atoms with Gasteiger partial charge in [0.25, 0.3) is 0 Å². The van der Waals surface area contributed by atoms with Crippen molar-refractivity contribution >= 4 is 23.2 Å². The molecule has 3 heteroatoms. The highest BCUT2D eigenvalue weighted by Gasteiger charge is 2.22. The summed E-state index contributed by atoms with van der Waals surface area (Å²) in [6.07, 6.45) is 2.51. The van der Waals surface area contributed by atoms with Gasteiger partial charge in [-0.1, -0.05) is 11.6 Å². The summed E-state index contributed by atoms with van der Waals surface area (Å²) < 4.78 is 0. The van der Waals surface area contributed by atoms with Gasteiger partial charge in [-0.3, -0.25) is 4.90 Å². The van der Waals surface area contributed by atoms with Crippen LogP contribution in [0.4, 0.5) is 0 Å². The summed E-state index contributed by atoms with van der Waals surface area (Å²) in [5.41, 5.74) is 2.87. The second-order valence-corrected chi connectivity index (χ2v) is 3.90. The molecule has 0 aromatic heterocycles. The highest BCUT2D eigenvalue weighted by Crippen LogP contribution is 2.19. The fourth-order valence-corrected chi connectivity index (χ4v) is 2.05. The molecule has 1 unspecified atom stereocenters.